The number of nitrogens with zero attached hydrogens (tertiary/aromatic N) is 3. The van der Waals surface area contributed by atoms with Gasteiger partial charge in [-0.25, -0.2) is 0 Å². The third-order valence-corrected chi connectivity index (χ3v) is 5.76. The van der Waals surface area contributed by atoms with Crippen LogP contribution in [0.3, 0.4) is 0 Å². The van der Waals surface area contributed by atoms with Gasteiger partial charge in [-0.3, -0.25) is 4.79 Å². The molecule has 0 spiro atoms. The summed E-state index contributed by atoms with van der Waals surface area (Å²) in [6.07, 6.45) is 0. The molecule has 4 aromatic rings. The lowest BCUT2D eigenvalue weighted by Crippen LogP contribution is -2.14. The van der Waals surface area contributed by atoms with Crippen LogP contribution in [0.2, 0.25) is 0 Å². The number of amides is 1. The van der Waals surface area contributed by atoms with Gasteiger partial charge in [-0.05, 0) is 50.2 Å². The lowest BCUT2D eigenvalue weighted by atomic mass is 10.1. The number of anilines is 1. The van der Waals surface area contributed by atoms with E-state index < -0.39 is 0 Å². The molecule has 1 aromatic heterocycles. The fraction of sp³-hybridized carbons (Fsp3) is 0.160. The number of thioether (sulfide) groups is 1. The first-order chi connectivity index (χ1) is 15.6. The van der Waals surface area contributed by atoms with Crippen LogP contribution >= 0.6 is 11.8 Å². The summed E-state index contributed by atoms with van der Waals surface area (Å²) in [7, 11) is 0. The largest absolute Gasteiger partial charge is 0.457 e. The Hall–Kier alpha value is -3.58. The molecule has 0 aliphatic rings. The summed E-state index contributed by atoms with van der Waals surface area (Å²) in [5.41, 5.74) is 2.93. The Morgan fingerprint density at radius 1 is 0.938 bits per heavy atom. The first-order valence-electron chi connectivity index (χ1n) is 10.4. The molecule has 4 rings (SSSR count). The Kier molecular flexibility index (Phi) is 6.87. The summed E-state index contributed by atoms with van der Waals surface area (Å²) in [5, 5.41) is 12.3. The minimum absolute atomic E-state index is 0.103. The van der Waals surface area contributed by atoms with E-state index in [4.69, 9.17) is 4.74 Å². The molecule has 0 radical (unpaired) electrons. The van der Waals surface area contributed by atoms with Crippen LogP contribution in [0.1, 0.15) is 12.5 Å². The molecule has 0 unspecified atom stereocenters. The molecule has 0 fully saturated rings. The zero-order chi connectivity index (χ0) is 22.3. The summed E-state index contributed by atoms with van der Waals surface area (Å²) < 4.78 is 7.81. The van der Waals surface area contributed by atoms with Crippen molar-refractivity contribution >= 4 is 23.4 Å². The smallest absolute Gasteiger partial charge is 0.234 e. The summed E-state index contributed by atoms with van der Waals surface area (Å²) in [6, 6.07) is 25.1. The van der Waals surface area contributed by atoms with Crippen molar-refractivity contribution in [3.63, 3.8) is 0 Å². The summed E-state index contributed by atoms with van der Waals surface area (Å²) in [5.74, 6) is 2.43. The second kappa shape index (κ2) is 10.2. The number of hydrogen-bond acceptors (Lipinski definition) is 5. The molecule has 3 aromatic carbocycles. The van der Waals surface area contributed by atoms with Crippen LogP contribution in [0.5, 0.6) is 11.5 Å². The molecule has 0 aliphatic heterocycles. The fourth-order valence-electron chi connectivity index (χ4n) is 3.15. The van der Waals surface area contributed by atoms with Gasteiger partial charge >= 0.3 is 0 Å². The minimum atomic E-state index is -0.103. The molecule has 1 heterocycles. The van der Waals surface area contributed by atoms with Crippen LogP contribution in [0.25, 0.3) is 11.4 Å². The number of hydrogen-bond donors (Lipinski definition) is 1. The quantitative estimate of drug-likeness (QED) is 0.348. The fourth-order valence-corrected chi connectivity index (χ4v) is 3.96. The summed E-state index contributed by atoms with van der Waals surface area (Å²) in [6.45, 7) is 4.82. The van der Waals surface area contributed by atoms with Crippen LogP contribution in [0, 0.1) is 6.92 Å². The molecule has 7 heteroatoms. The highest BCUT2D eigenvalue weighted by Gasteiger charge is 2.14. The Balaban J connectivity index is 1.34. The SMILES string of the molecule is CCn1c(SCC(=O)Nc2ccc(Oc3ccccc3)cc2)nnc1-c1ccc(C)cc1. The van der Waals surface area contributed by atoms with Gasteiger partial charge in [0.2, 0.25) is 5.91 Å². The van der Waals surface area contributed by atoms with Gasteiger partial charge in [-0.1, -0.05) is 59.8 Å². The van der Waals surface area contributed by atoms with Crippen LogP contribution in [-0.4, -0.2) is 26.4 Å². The normalized spacial score (nSPS) is 10.7. The second-order valence-electron chi connectivity index (χ2n) is 7.19. The molecule has 32 heavy (non-hydrogen) atoms. The van der Waals surface area contributed by atoms with Crippen molar-refractivity contribution in [2.45, 2.75) is 25.5 Å². The molecule has 6 nitrogen and oxygen atoms in total. The van der Waals surface area contributed by atoms with E-state index in [0.717, 1.165) is 28.8 Å². The van der Waals surface area contributed by atoms with Gasteiger partial charge in [-0.2, -0.15) is 0 Å². The van der Waals surface area contributed by atoms with Crippen molar-refractivity contribution in [3.05, 3.63) is 84.4 Å². The Bertz CT molecular complexity index is 1170. The monoisotopic (exact) mass is 444 g/mol. The van der Waals surface area contributed by atoms with Crippen LogP contribution in [0.15, 0.2) is 84.0 Å². The third-order valence-electron chi connectivity index (χ3n) is 4.79. The van der Waals surface area contributed by atoms with E-state index in [-0.39, 0.29) is 11.7 Å². The summed E-state index contributed by atoms with van der Waals surface area (Å²) in [4.78, 5) is 12.5. The number of carbonyl (C=O) groups excluding carboxylic acids is 1. The molecule has 0 bridgehead atoms. The highest BCUT2D eigenvalue weighted by Crippen LogP contribution is 2.25. The molecule has 1 amide bonds. The van der Waals surface area contributed by atoms with Gasteiger partial charge in [0.05, 0.1) is 5.75 Å². The second-order valence-corrected chi connectivity index (χ2v) is 8.14. The van der Waals surface area contributed by atoms with Crippen LogP contribution in [0.4, 0.5) is 5.69 Å². The molecule has 0 aliphatic carbocycles. The van der Waals surface area contributed by atoms with Gasteiger partial charge in [0.15, 0.2) is 11.0 Å². The predicted octanol–water partition coefficient (Wildman–Crippen LogP) is 5.80. The number of para-hydroxylation sites is 1. The average Bonchev–Trinajstić information content (AvgIpc) is 3.23. The maximum atomic E-state index is 12.5. The van der Waals surface area contributed by atoms with Gasteiger partial charge in [0.1, 0.15) is 11.5 Å². The maximum absolute atomic E-state index is 12.5. The molecular weight excluding hydrogens is 420 g/mol. The highest BCUT2D eigenvalue weighted by molar-refractivity contribution is 7.99. The van der Waals surface area contributed by atoms with E-state index in [1.807, 2.05) is 78.2 Å². The predicted molar refractivity (Wildman–Crippen MR) is 128 cm³/mol. The van der Waals surface area contributed by atoms with Crippen molar-refractivity contribution in [2.75, 3.05) is 11.1 Å². The molecule has 0 saturated carbocycles. The van der Waals surface area contributed by atoms with Crippen molar-refractivity contribution in [3.8, 4) is 22.9 Å². The zero-order valence-electron chi connectivity index (χ0n) is 18.0. The number of nitrogens with one attached hydrogen (secondary N) is 1. The van der Waals surface area contributed by atoms with Gasteiger partial charge in [0, 0.05) is 17.8 Å². The number of aromatic nitrogens is 3. The third kappa shape index (κ3) is 5.36. The Morgan fingerprint density at radius 3 is 2.31 bits per heavy atom. The van der Waals surface area contributed by atoms with Gasteiger partial charge in [-0.15, -0.1) is 10.2 Å². The maximum Gasteiger partial charge on any atom is 0.234 e. The standard InChI is InChI=1S/C25H24N4O2S/c1-3-29-24(19-11-9-18(2)10-12-19)27-28-25(29)32-17-23(30)26-20-13-15-22(16-14-20)31-21-7-5-4-6-8-21/h4-16H,3,17H2,1-2H3,(H,26,30). The van der Waals surface area contributed by atoms with Crippen LogP contribution in [-0.2, 0) is 11.3 Å². The van der Waals surface area contributed by atoms with E-state index in [2.05, 4.69) is 34.6 Å². The van der Waals surface area contributed by atoms with E-state index in [1.165, 1.54) is 17.3 Å². The number of carbonyl (C=O) groups is 1. The number of ether oxygens (including phenoxy) is 1. The molecule has 0 saturated heterocycles. The number of aryl methyl sites for hydroxylation is 1. The molecule has 162 valence electrons. The molecule has 1 N–H and O–H groups in total. The highest BCUT2D eigenvalue weighted by atomic mass is 32.2. The Labute approximate surface area is 191 Å². The molecular formula is C25H24N4O2S. The first kappa shape index (κ1) is 21.6. The van der Waals surface area contributed by atoms with Crippen molar-refractivity contribution in [1.29, 1.82) is 0 Å². The van der Waals surface area contributed by atoms with Gasteiger partial charge in [0.25, 0.3) is 0 Å². The first-order valence-corrected chi connectivity index (χ1v) is 11.4. The van der Waals surface area contributed by atoms with E-state index >= 15 is 0 Å². The van der Waals surface area contributed by atoms with E-state index in [0.29, 0.717) is 11.4 Å². The molecule has 0 atom stereocenters. The zero-order valence-corrected chi connectivity index (χ0v) is 18.8. The summed E-state index contributed by atoms with van der Waals surface area (Å²) >= 11 is 1.38. The van der Waals surface area contributed by atoms with E-state index in [1.54, 1.807) is 0 Å². The minimum Gasteiger partial charge on any atom is -0.457 e. The van der Waals surface area contributed by atoms with Crippen molar-refractivity contribution < 1.29 is 9.53 Å². The van der Waals surface area contributed by atoms with Crippen molar-refractivity contribution in [1.82, 2.24) is 14.8 Å². The van der Waals surface area contributed by atoms with Crippen LogP contribution < -0.4 is 10.1 Å². The lowest BCUT2D eigenvalue weighted by molar-refractivity contribution is -0.113. The van der Waals surface area contributed by atoms with Crippen molar-refractivity contribution in [2.24, 2.45) is 0 Å². The topological polar surface area (TPSA) is 69.0 Å². The Morgan fingerprint density at radius 2 is 1.62 bits per heavy atom. The number of rotatable bonds is 8. The number of benzene rings is 3. The van der Waals surface area contributed by atoms with Gasteiger partial charge < -0.3 is 14.6 Å². The lowest BCUT2D eigenvalue weighted by Gasteiger charge is -2.09. The van der Waals surface area contributed by atoms with E-state index in [9.17, 15) is 4.79 Å². The average molecular weight is 445 g/mol.